The standard InChI is InChI=1S/C19H20O/c1-13-8-7-11-18(15(13)3)16(4)19-10-6-5-9-17(19)14(2)12-20/h5-12,14H,4H2,1-3H3. The van der Waals surface area contributed by atoms with Gasteiger partial charge in [-0.15, -0.1) is 0 Å². The average molecular weight is 264 g/mol. The molecule has 0 radical (unpaired) electrons. The summed E-state index contributed by atoms with van der Waals surface area (Å²) in [5, 5.41) is 0. The van der Waals surface area contributed by atoms with E-state index in [1.54, 1.807) is 0 Å². The molecule has 1 unspecified atom stereocenters. The minimum absolute atomic E-state index is 0.118. The monoisotopic (exact) mass is 264 g/mol. The smallest absolute Gasteiger partial charge is 0.127 e. The summed E-state index contributed by atoms with van der Waals surface area (Å²) < 4.78 is 0. The Hall–Kier alpha value is -2.15. The first-order valence-electron chi connectivity index (χ1n) is 6.86. The Balaban J connectivity index is 2.54. The van der Waals surface area contributed by atoms with E-state index < -0.39 is 0 Å². The summed E-state index contributed by atoms with van der Waals surface area (Å²) in [6.45, 7) is 10.4. The molecule has 102 valence electrons. The molecule has 0 aliphatic carbocycles. The fourth-order valence-electron chi connectivity index (χ4n) is 2.47. The number of carbonyl (C=O) groups is 1. The fourth-order valence-corrected chi connectivity index (χ4v) is 2.47. The van der Waals surface area contributed by atoms with Gasteiger partial charge >= 0.3 is 0 Å². The van der Waals surface area contributed by atoms with Crippen LogP contribution in [-0.2, 0) is 4.79 Å². The molecular weight excluding hydrogens is 244 g/mol. The summed E-state index contributed by atoms with van der Waals surface area (Å²) in [6, 6.07) is 14.2. The maximum absolute atomic E-state index is 11.1. The van der Waals surface area contributed by atoms with Gasteiger partial charge in [0.25, 0.3) is 0 Å². The quantitative estimate of drug-likeness (QED) is 0.733. The van der Waals surface area contributed by atoms with Gasteiger partial charge < -0.3 is 4.79 Å². The van der Waals surface area contributed by atoms with Gasteiger partial charge in [0.1, 0.15) is 6.29 Å². The van der Waals surface area contributed by atoms with E-state index >= 15 is 0 Å². The van der Waals surface area contributed by atoms with Crippen molar-refractivity contribution >= 4 is 11.9 Å². The first-order chi connectivity index (χ1) is 9.56. The number of aryl methyl sites for hydroxylation is 1. The first kappa shape index (κ1) is 14.3. The van der Waals surface area contributed by atoms with Crippen molar-refractivity contribution in [3.05, 3.63) is 76.9 Å². The van der Waals surface area contributed by atoms with Gasteiger partial charge in [-0.25, -0.2) is 0 Å². The predicted octanol–water partition coefficient (Wildman–Crippen LogP) is 4.67. The van der Waals surface area contributed by atoms with Crippen LogP contribution in [0.2, 0.25) is 0 Å². The number of benzene rings is 2. The molecule has 0 aromatic heterocycles. The van der Waals surface area contributed by atoms with Crippen LogP contribution in [0.25, 0.3) is 5.57 Å². The van der Waals surface area contributed by atoms with Crippen LogP contribution < -0.4 is 0 Å². The van der Waals surface area contributed by atoms with Gasteiger partial charge in [0, 0.05) is 5.92 Å². The lowest BCUT2D eigenvalue weighted by molar-refractivity contribution is -0.108. The summed E-state index contributed by atoms with van der Waals surface area (Å²) >= 11 is 0. The van der Waals surface area contributed by atoms with Crippen LogP contribution in [0.4, 0.5) is 0 Å². The van der Waals surface area contributed by atoms with Gasteiger partial charge in [0.2, 0.25) is 0 Å². The fraction of sp³-hybridized carbons (Fsp3) is 0.211. The van der Waals surface area contributed by atoms with Crippen LogP contribution >= 0.6 is 0 Å². The summed E-state index contributed by atoms with van der Waals surface area (Å²) in [5.74, 6) is -0.118. The van der Waals surface area contributed by atoms with Crippen molar-refractivity contribution in [2.24, 2.45) is 0 Å². The van der Waals surface area contributed by atoms with Gasteiger partial charge in [-0.05, 0) is 47.2 Å². The number of hydrogen-bond acceptors (Lipinski definition) is 1. The molecule has 0 saturated carbocycles. The largest absolute Gasteiger partial charge is 0.303 e. The molecule has 0 amide bonds. The molecule has 0 fully saturated rings. The highest BCUT2D eigenvalue weighted by atomic mass is 16.1. The molecule has 2 aromatic carbocycles. The van der Waals surface area contributed by atoms with Crippen molar-refractivity contribution < 1.29 is 4.79 Å². The van der Waals surface area contributed by atoms with Crippen LogP contribution in [0.3, 0.4) is 0 Å². The zero-order valence-corrected chi connectivity index (χ0v) is 12.3. The molecule has 0 aliphatic rings. The number of rotatable bonds is 4. The molecule has 1 nitrogen and oxygen atoms in total. The summed E-state index contributed by atoms with van der Waals surface area (Å²) in [7, 11) is 0. The van der Waals surface area contributed by atoms with E-state index in [1.165, 1.54) is 11.1 Å². The Morgan fingerprint density at radius 1 is 1.05 bits per heavy atom. The molecule has 1 heteroatoms. The van der Waals surface area contributed by atoms with Crippen molar-refractivity contribution in [2.45, 2.75) is 26.7 Å². The maximum atomic E-state index is 11.1. The van der Waals surface area contributed by atoms with Gasteiger partial charge in [-0.1, -0.05) is 56.0 Å². The number of hydrogen-bond donors (Lipinski definition) is 0. The van der Waals surface area contributed by atoms with Gasteiger partial charge in [-0.3, -0.25) is 0 Å². The van der Waals surface area contributed by atoms with E-state index in [1.807, 2.05) is 31.2 Å². The molecule has 0 saturated heterocycles. The second kappa shape index (κ2) is 5.87. The van der Waals surface area contributed by atoms with Crippen molar-refractivity contribution in [1.29, 1.82) is 0 Å². The Morgan fingerprint density at radius 3 is 2.40 bits per heavy atom. The number of carbonyl (C=O) groups excluding carboxylic acids is 1. The highest BCUT2D eigenvalue weighted by Crippen LogP contribution is 2.31. The molecule has 0 N–H and O–H groups in total. The maximum Gasteiger partial charge on any atom is 0.127 e. The third-order valence-electron chi connectivity index (χ3n) is 3.91. The average Bonchev–Trinajstić information content (AvgIpc) is 2.48. The Kier molecular flexibility index (Phi) is 4.19. The predicted molar refractivity (Wildman–Crippen MR) is 85.0 cm³/mol. The normalized spacial score (nSPS) is 11.9. The van der Waals surface area contributed by atoms with Crippen molar-refractivity contribution in [3.8, 4) is 0 Å². The zero-order valence-electron chi connectivity index (χ0n) is 12.3. The second-order valence-electron chi connectivity index (χ2n) is 5.24. The molecule has 1 atom stereocenters. The second-order valence-corrected chi connectivity index (χ2v) is 5.24. The molecule has 0 bridgehead atoms. The molecule has 20 heavy (non-hydrogen) atoms. The lowest BCUT2D eigenvalue weighted by Gasteiger charge is -2.16. The molecule has 2 aromatic rings. The molecule has 2 rings (SSSR count). The Bertz CT molecular complexity index is 653. The van der Waals surface area contributed by atoms with E-state index in [2.05, 4.69) is 38.6 Å². The highest BCUT2D eigenvalue weighted by Gasteiger charge is 2.14. The topological polar surface area (TPSA) is 17.1 Å². The molecule has 0 spiro atoms. The van der Waals surface area contributed by atoms with Crippen molar-refractivity contribution in [3.63, 3.8) is 0 Å². The van der Waals surface area contributed by atoms with Crippen LogP contribution in [-0.4, -0.2) is 6.29 Å². The van der Waals surface area contributed by atoms with E-state index in [-0.39, 0.29) is 5.92 Å². The third-order valence-corrected chi connectivity index (χ3v) is 3.91. The first-order valence-corrected chi connectivity index (χ1v) is 6.86. The highest BCUT2D eigenvalue weighted by molar-refractivity contribution is 5.83. The Morgan fingerprint density at radius 2 is 1.70 bits per heavy atom. The van der Waals surface area contributed by atoms with E-state index in [9.17, 15) is 4.79 Å². The molecule has 0 aliphatic heterocycles. The van der Waals surface area contributed by atoms with Crippen LogP contribution in [0.15, 0.2) is 49.0 Å². The van der Waals surface area contributed by atoms with Crippen molar-refractivity contribution in [2.75, 3.05) is 0 Å². The molecular formula is C19H20O. The summed E-state index contributed by atoms with van der Waals surface area (Å²) in [5.41, 5.74) is 6.72. The minimum Gasteiger partial charge on any atom is -0.303 e. The number of aldehydes is 1. The summed E-state index contributed by atoms with van der Waals surface area (Å²) in [6.07, 6.45) is 0.981. The van der Waals surface area contributed by atoms with E-state index in [4.69, 9.17) is 0 Å². The third kappa shape index (κ3) is 2.57. The van der Waals surface area contributed by atoms with E-state index in [0.29, 0.717) is 0 Å². The van der Waals surface area contributed by atoms with Crippen LogP contribution in [0, 0.1) is 13.8 Å². The van der Waals surface area contributed by atoms with Gasteiger partial charge in [0.05, 0.1) is 0 Å². The SMILES string of the molecule is C=C(c1ccccc1C(C)C=O)c1cccc(C)c1C. The van der Waals surface area contributed by atoms with Crippen LogP contribution in [0.5, 0.6) is 0 Å². The minimum atomic E-state index is -0.118. The zero-order chi connectivity index (χ0) is 14.7. The lowest BCUT2D eigenvalue weighted by Crippen LogP contribution is -2.01. The van der Waals surface area contributed by atoms with Gasteiger partial charge in [-0.2, -0.15) is 0 Å². The van der Waals surface area contributed by atoms with E-state index in [0.717, 1.165) is 28.5 Å². The summed E-state index contributed by atoms with van der Waals surface area (Å²) in [4.78, 5) is 11.1. The van der Waals surface area contributed by atoms with Crippen LogP contribution in [0.1, 0.15) is 40.7 Å². The Labute approximate surface area is 121 Å². The van der Waals surface area contributed by atoms with Gasteiger partial charge in [0.15, 0.2) is 0 Å². The molecule has 0 heterocycles. The van der Waals surface area contributed by atoms with Crippen molar-refractivity contribution in [1.82, 2.24) is 0 Å². The lowest BCUT2D eigenvalue weighted by atomic mass is 9.87.